The molecule has 1 saturated heterocycles. The van der Waals surface area contributed by atoms with Crippen molar-refractivity contribution in [2.75, 3.05) is 24.2 Å². The number of amides is 1. The van der Waals surface area contributed by atoms with Gasteiger partial charge in [-0.05, 0) is 45.0 Å². The molecule has 3 rings (SSSR count). The molecular weight excluding hydrogens is 322 g/mol. The van der Waals surface area contributed by atoms with E-state index in [1.807, 2.05) is 31.3 Å². The van der Waals surface area contributed by atoms with Crippen LogP contribution in [0.2, 0.25) is 0 Å². The highest BCUT2D eigenvalue weighted by atomic mass is 32.2. The molecule has 128 valence electrons. The summed E-state index contributed by atoms with van der Waals surface area (Å²) in [5, 5.41) is 10.7. The smallest absolute Gasteiger partial charge is 0.237 e. The summed E-state index contributed by atoms with van der Waals surface area (Å²) in [4.78, 5) is 17.8. The summed E-state index contributed by atoms with van der Waals surface area (Å²) in [7, 11) is 1.82. The molecule has 1 fully saturated rings. The number of benzene rings is 1. The van der Waals surface area contributed by atoms with Crippen molar-refractivity contribution in [2.24, 2.45) is 7.05 Å². The summed E-state index contributed by atoms with van der Waals surface area (Å²) in [6, 6.07) is 8.16. The minimum Gasteiger partial charge on any atom is -0.317 e. The van der Waals surface area contributed by atoms with E-state index in [1.54, 1.807) is 4.68 Å². The molecule has 0 saturated carbocycles. The summed E-state index contributed by atoms with van der Waals surface area (Å²) in [6.45, 7) is 4.05. The largest absolute Gasteiger partial charge is 0.317 e. The first-order valence-electron chi connectivity index (χ1n) is 8.23. The number of aryl methyl sites for hydroxylation is 2. The second-order valence-electron chi connectivity index (χ2n) is 6.09. The van der Waals surface area contributed by atoms with Gasteiger partial charge in [0.2, 0.25) is 11.9 Å². The molecule has 0 aliphatic carbocycles. The fourth-order valence-electron chi connectivity index (χ4n) is 2.71. The number of thioether (sulfide) groups is 1. The molecule has 1 aromatic carbocycles. The number of nitrogens with zero attached hydrogens (tertiary/aromatic N) is 3. The minimum atomic E-state index is -0.0621. The first-order valence-corrected chi connectivity index (χ1v) is 9.21. The SMILES string of the molecule is Cc1ccc(SCC(=O)Nc2nc(C3CCNCC3)nn2C)cc1. The zero-order valence-corrected chi connectivity index (χ0v) is 14.9. The highest BCUT2D eigenvalue weighted by Gasteiger charge is 2.21. The van der Waals surface area contributed by atoms with Crippen molar-refractivity contribution in [1.29, 1.82) is 0 Å². The Balaban J connectivity index is 1.55. The molecule has 1 aliphatic heterocycles. The van der Waals surface area contributed by atoms with Gasteiger partial charge >= 0.3 is 0 Å². The summed E-state index contributed by atoms with van der Waals surface area (Å²) in [5.74, 6) is 2.04. The molecule has 1 amide bonds. The van der Waals surface area contributed by atoms with Crippen LogP contribution in [0, 0.1) is 6.92 Å². The maximum absolute atomic E-state index is 12.2. The molecule has 0 bridgehead atoms. The lowest BCUT2D eigenvalue weighted by atomic mass is 9.98. The lowest BCUT2D eigenvalue weighted by Crippen LogP contribution is -2.27. The number of hydrogen-bond donors (Lipinski definition) is 2. The molecule has 2 heterocycles. The second kappa shape index (κ2) is 7.81. The van der Waals surface area contributed by atoms with Gasteiger partial charge in [-0.1, -0.05) is 17.7 Å². The van der Waals surface area contributed by atoms with E-state index in [-0.39, 0.29) is 5.91 Å². The molecular formula is C17H23N5OS. The van der Waals surface area contributed by atoms with Gasteiger partial charge in [0.15, 0.2) is 5.82 Å². The van der Waals surface area contributed by atoms with E-state index in [1.165, 1.54) is 17.3 Å². The molecule has 2 aromatic rings. The Labute approximate surface area is 146 Å². The third-order valence-corrected chi connectivity index (χ3v) is 5.14. The Kier molecular flexibility index (Phi) is 5.52. The Bertz CT molecular complexity index is 692. The van der Waals surface area contributed by atoms with Crippen molar-refractivity contribution in [3.63, 3.8) is 0 Å². The molecule has 0 radical (unpaired) electrons. The predicted molar refractivity (Wildman–Crippen MR) is 96.4 cm³/mol. The van der Waals surface area contributed by atoms with Gasteiger partial charge in [0.05, 0.1) is 5.75 Å². The number of carbonyl (C=O) groups is 1. The highest BCUT2D eigenvalue weighted by molar-refractivity contribution is 8.00. The molecule has 2 N–H and O–H groups in total. The number of rotatable bonds is 5. The van der Waals surface area contributed by atoms with Gasteiger partial charge in [0.1, 0.15) is 0 Å². The molecule has 1 aromatic heterocycles. The van der Waals surface area contributed by atoms with Crippen LogP contribution in [0.3, 0.4) is 0 Å². The Morgan fingerprint density at radius 2 is 2.04 bits per heavy atom. The summed E-state index contributed by atoms with van der Waals surface area (Å²) < 4.78 is 1.66. The summed E-state index contributed by atoms with van der Waals surface area (Å²) in [6.07, 6.45) is 2.08. The lowest BCUT2D eigenvalue weighted by Gasteiger charge is -2.19. The van der Waals surface area contributed by atoms with E-state index in [0.717, 1.165) is 36.7 Å². The maximum Gasteiger partial charge on any atom is 0.237 e. The Morgan fingerprint density at radius 1 is 1.33 bits per heavy atom. The van der Waals surface area contributed by atoms with Crippen LogP contribution in [0.15, 0.2) is 29.2 Å². The zero-order chi connectivity index (χ0) is 16.9. The molecule has 0 unspecified atom stereocenters. The molecule has 0 spiro atoms. The van der Waals surface area contributed by atoms with Crippen LogP contribution in [0.1, 0.15) is 30.1 Å². The highest BCUT2D eigenvalue weighted by Crippen LogP contribution is 2.23. The molecule has 0 atom stereocenters. The quantitative estimate of drug-likeness (QED) is 0.814. The van der Waals surface area contributed by atoms with Crippen LogP contribution in [-0.2, 0) is 11.8 Å². The van der Waals surface area contributed by atoms with Crippen LogP contribution in [0.25, 0.3) is 0 Å². The van der Waals surface area contributed by atoms with Crippen molar-refractivity contribution in [3.05, 3.63) is 35.7 Å². The van der Waals surface area contributed by atoms with Gasteiger partial charge in [-0.3, -0.25) is 10.1 Å². The predicted octanol–water partition coefficient (Wildman–Crippen LogP) is 2.32. The fourth-order valence-corrected chi connectivity index (χ4v) is 3.41. The monoisotopic (exact) mass is 345 g/mol. The van der Waals surface area contributed by atoms with Gasteiger partial charge in [0, 0.05) is 17.9 Å². The van der Waals surface area contributed by atoms with Crippen LogP contribution >= 0.6 is 11.8 Å². The summed E-state index contributed by atoms with van der Waals surface area (Å²) >= 11 is 1.52. The maximum atomic E-state index is 12.2. The summed E-state index contributed by atoms with van der Waals surface area (Å²) in [5.41, 5.74) is 1.22. The average molecular weight is 345 g/mol. The second-order valence-corrected chi connectivity index (χ2v) is 7.14. The third kappa shape index (κ3) is 4.36. The Morgan fingerprint density at radius 3 is 2.75 bits per heavy atom. The number of hydrogen-bond acceptors (Lipinski definition) is 5. The number of carbonyl (C=O) groups excluding carboxylic acids is 1. The van der Waals surface area contributed by atoms with E-state index in [2.05, 4.69) is 27.6 Å². The average Bonchev–Trinajstić information content (AvgIpc) is 2.96. The third-order valence-electron chi connectivity index (χ3n) is 4.13. The van der Waals surface area contributed by atoms with Gasteiger partial charge < -0.3 is 5.32 Å². The normalized spacial score (nSPS) is 15.4. The zero-order valence-electron chi connectivity index (χ0n) is 14.1. The van der Waals surface area contributed by atoms with Crippen LogP contribution in [0.5, 0.6) is 0 Å². The molecule has 1 aliphatic rings. The van der Waals surface area contributed by atoms with Crippen molar-refractivity contribution in [3.8, 4) is 0 Å². The van der Waals surface area contributed by atoms with E-state index < -0.39 is 0 Å². The van der Waals surface area contributed by atoms with Crippen molar-refractivity contribution in [1.82, 2.24) is 20.1 Å². The standard InChI is InChI=1S/C17H23N5OS/c1-12-3-5-14(6-4-12)24-11-15(23)19-17-20-16(21-22(17)2)13-7-9-18-10-8-13/h3-6,13,18H,7-11H2,1-2H3,(H,19,20,21,23). The molecule has 6 nitrogen and oxygen atoms in total. The number of anilines is 1. The van der Waals surface area contributed by atoms with Gasteiger partial charge in [-0.2, -0.15) is 10.1 Å². The van der Waals surface area contributed by atoms with Crippen molar-refractivity contribution >= 4 is 23.6 Å². The molecule has 24 heavy (non-hydrogen) atoms. The Hall–Kier alpha value is -1.86. The first kappa shape index (κ1) is 17.0. The molecule has 7 heteroatoms. The van der Waals surface area contributed by atoms with Crippen LogP contribution in [0.4, 0.5) is 5.95 Å². The minimum absolute atomic E-state index is 0.0621. The van der Waals surface area contributed by atoms with Crippen molar-refractivity contribution < 1.29 is 4.79 Å². The van der Waals surface area contributed by atoms with Gasteiger partial charge in [0.25, 0.3) is 0 Å². The number of aromatic nitrogens is 3. The topological polar surface area (TPSA) is 71.8 Å². The van der Waals surface area contributed by atoms with E-state index >= 15 is 0 Å². The van der Waals surface area contributed by atoms with Crippen LogP contribution < -0.4 is 10.6 Å². The first-order chi connectivity index (χ1) is 11.6. The fraction of sp³-hybridized carbons (Fsp3) is 0.471. The van der Waals surface area contributed by atoms with Crippen LogP contribution in [-0.4, -0.2) is 39.5 Å². The van der Waals surface area contributed by atoms with E-state index in [9.17, 15) is 4.79 Å². The van der Waals surface area contributed by atoms with E-state index in [0.29, 0.717) is 17.6 Å². The van der Waals surface area contributed by atoms with Crippen molar-refractivity contribution in [2.45, 2.75) is 30.6 Å². The number of piperidine rings is 1. The van der Waals surface area contributed by atoms with Gasteiger partial charge in [-0.15, -0.1) is 11.8 Å². The van der Waals surface area contributed by atoms with E-state index in [4.69, 9.17) is 0 Å². The lowest BCUT2D eigenvalue weighted by molar-refractivity contribution is -0.113. The number of nitrogens with one attached hydrogen (secondary N) is 2. The van der Waals surface area contributed by atoms with Gasteiger partial charge in [-0.25, -0.2) is 4.68 Å².